The van der Waals surface area contributed by atoms with E-state index in [9.17, 15) is 4.79 Å². The molecule has 0 bridgehead atoms. The Morgan fingerprint density at radius 2 is 2.29 bits per heavy atom. The molecule has 3 aromatic rings. The van der Waals surface area contributed by atoms with Gasteiger partial charge in [0.1, 0.15) is 11.1 Å². The Bertz CT molecular complexity index is 924. The second-order valence-electron chi connectivity index (χ2n) is 6.85. The first-order chi connectivity index (χ1) is 13.7. The summed E-state index contributed by atoms with van der Waals surface area (Å²) in [7, 11) is 0. The summed E-state index contributed by atoms with van der Waals surface area (Å²) in [4.78, 5) is 23.0. The van der Waals surface area contributed by atoms with E-state index in [2.05, 4.69) is 27.4 Å². The van der Waals surface area contributed by atoms with Gasteiger partial charge in [-0.2, -0.15) is 0 Å². The molecule has 2 aromatic heterocycles. The van der Waals surface area contributed by atoms with Crippen LogP contribution in [0.2, 0.25) is 0 Å². The summed E-state index contributed by atoms with van der Waals surface area (Å²) in [5, 5.41) is 5.97. The van der Waals surface area contributed by atoms with Crippen molar-refractivity contribution in [2.24, 2.45) is 0 Å². The molecule has 0 radical (unpaired) electrons. The lowest BCUT2D eigenvalue weighted by Crippen LogP contribution is -2.46. The number of benzene rings is 1. The third-order valence-corrected chi connectivity index (χ3v) is 5.68. The number of imidazole rings is 1. The number of nitrogens with one attached hydrogen (secondary N) is 1. The Hall–Kier alpha value is -2.71. The van der Waals surface area contributed by atoms with Crippen molar-refractivity contribution in [1.82, 2.24) is 24.8 Å². The summed E-state index contributed by atoms with van der Waals surface area (Å²) in [5.41, 5.74) is 3.24. The van der Waals surface area contributed by atoms with E-state index in [-0.39, 0.29) is 12.1 Å². The second kappa shape index (κ2) is 8.53. The minimum atomic E-state index is -0.142. The number of aromatic nitrogens is 3. The molecular weight excluding hydrogens is 374 g/mol. The molecule has 4 rings (SSSR count). The third kappa shape index (κ3) is 4.58. The van der Waals surface area contributed by atoms with Gasteiger partial charge in [-0.1, -0.05) is 24.3 Å². The minimum absolute atomic E-state index is 0.0680. The number of ether oxygens (including phenoxy) is 1. The topological polar surface area (TPSA) is 72.3 Å². The standard InChI is InChI=1S/C20H23N5O2S/c1-15-13-28-19(23-15)18-12-25(7-8-27-18)20(26)22-10-16-3-2-4-17(9-16)11-24-6-5-21-14-24/h2-6,9,13-14,18H,7-8,10-12H2,1H3,(H,22,26). The van der Waals surface area contributed by atoms with E-state index in [4.69, 9.17) is 4.74 Å². The number of carbonyl (C=O) groups is 1. The second-order valence-corrected chi connectivity index (χ2v) is 7.74. The van der Waals surface area contributed by atoms with Gasteiger partial charge in [-0.3, -0.25) is 0 Å². The quantitative estimate of drug-likeness (QED) is 0.718. The van der Waals surface area contributed by atoms with Crippen LogP contribution in [0.4, 0.5) is 4.79 Å². The molecule has 1 unspecified atom stereocenters. The summed E-state index contributed by atoms with van der Waals surface area (Å²) in [5.74, 6) is 0. The molecule has 0 saturated carbocycles. The molecule has 1 fully saturated rings. The summed E-state index contributed by atoms with van der Waals surface area (Å²) in [6.07, 6.45) is 5.37. The highest BCUT2D eigenvalue weighted by Crippen LogP contribution is 2.25. The molecule has 146 valence electrons. The van der Waals surface area contributed by atoms with E-state index in [1.165, 1.54) is 5.56 Å². The largest absolute Gasteiger partial charge is 0.367 e. The van der Waals surface area contributed by atoms with Gasteiger partial charge >= 0.3 is 6.03 Å². The van der Waals surface area contributed by atoms with Crippen molar-refractivity contribution in [2.75, 3.05) is 19.7 Å². The maximum absolute atomic E-state index is 12.6. The number of carbonyl (C=O) groups excluding carboxylic acids is 1. The summed E-state index contributed by atoms with van der Waals surface area (Å²) in [6.45, 7) is 4.87. The number of hydrogen-bond acceptors (Lipinski definition) is 5. The molecule has 1 saturated heterocycles. The normalized spacial score (nSPS) is 16.9. The fourth-order valence-corrected chi connectivity index (χ4v) is 4.06. The molecule has 0 aliphatic carbocycles. The van der Waals surface area contributed by atoms with Crippen LogP contribution in [0.15, 0.2) is 48.4 Å². The van der Waals surface area contributed by atoms with Crippen LogP contribution in [-0.2, 0) is 17.8 Å². The Morgan fingerprint density at radius 1 is 1.39 bits per heavy atom. The van der Waals surface area contributed by atoms with Gasteiger partial charge in [0.15, 0.2) is 0 Å². The molecular formula is C20H23N5O2S. The number of rotatable bonds is 5. The van der Waals surface area contributed by atoms with Crippen LogP contribution in [0.25, 0.3) is 0 Å². The average Bonchev–Trinajstić information content (AvgIpc) is 3.38. The van der Waals surface area contributed by atoms with E-state index in [0.29, 0.717) is 26.2 Å². The minimum Gasteiger partial charge on any atom is -0.367 e. The Labute approximate surface area is 168 Å². The van der Waals surface area contributed by atoms with Gasteiger partial charge in [-0.05, 0) is 18.1 Å². The first-order valence-corrected chi connectivity index (χ1v) is 10.2. The number of nitrogens with zero attached hydrogens (tertiary/aromatic N) is 4. The van der Waals surface area contributed by atoms with Crippen LogP contribution in [-0.4, -0.2) is 45.2 Å². The van der Waals surface area contributed by atoms with Crippen molar-refractivity contribution < 1.29 is 9.53 Å². The van der Waals surface area contributed by atoms with Gasteiger partial charge in [0.05, 0.1) is 19.5 Å². The van der Waals surface area contributed by atoms with Crippen LogP contribution in [0.1, 0.15) is 27.9 Å². The Balaban J connectivity index is 1.32. The van der Waals surface area contributed by atoms with Crippen molar-refractivity contribution >= 4 is 17.4 Å². The lowest BCUT2D eigenvalue weighted by atomic mass is 10.1. The van der Waals surface area contributed by atoms with Gasteiger partial charge in [-0.15, -0.1) is 11.3 Å². The van der Waals surface area contributed by atoms with E-state index < -0.39 is 0 Å². The fourth-order valence-electron chi connectivity index (χ4n) is 3.22. The van der Waals surface area contributed by atoms with Gasteiger partial charge < -0.3 is 19.5 Å². The van der Waals surface area contributed by atoms with Crippen molar-refractivity contribution in [3.63, 3.8) is 0 Å². The fraction of sp³-hybridized carbons (Fsp3) is 0.350. The molecule has 0 spiro atoms. The van der Waals surface area contributed by atoms with Gasteiger partial charge in [0.2, 0.25) is 0 Å². The van der Waals surface area contributed by atoms with E-state index in [1.54, 1.807) is 28.8 Å². The molecule has 1 atom stereocenters. The van der Waals surface area contributed by atoms with Crippen LogP contribution in [0, 0.1) is 6.92 Å². The molecule has 1 aliphatic rings. The number of thiazole rings is 1. The zero-order chi connectivity index (χ0) is 19.3. The zero-order valence-corrected chi connectivity index (χ0v) is 16.6. The number of hydrogen-bond donors (Lipinski definition) is 1. The maximum atomic E-state index is 12.6. The van der Waals surface area contributed by atoms with E-state index in [1.807, 2.05) is 35.2 Å². The monoisotopic (exact) mass is 397 g/mol. The Morgan fingerprint density at radius 3 is 3.07 bits per heavy atom. The molecule has 1 aromatic carbocycles. The van der Waals surface area contributed by atoms with E-state index >= 15 is 0 Å². The van der Waals surface area contributed by atoms with Gasteiger partial charge in [0.25, 0.3) is 0 Å². The summed E-state index contributed by atoms with van der Waals surface area (Å²) < 4.78 is 7.82. The number of urea groups is 1. The van der Waals surface area contributed by atoms with Crippen molar-refractivity contribution in [3.8, 4) is 0 Å². The van der Waals surface area contributed by atoms with Crippen molar-refractivity contribution in [1.29, 1.82) is 0 Å². The predicted molar refractivity (Wildman–Crippen MR) is 107 cm³/mol. The SMILES string of the molecule is Cc1csc(C2CN(C(=O)NCc3cccc(Cn4ccnc4)c3)CCO2)n1. The highest BCUT2D eigenvalue weighted by Gasteiger charge is 2.27. The molecule has 7 nitrogen and oxygen atoms in total. The smallest absolute Gasteiger partial charge is 0.317 e. The molecule has 1 aliphatic heterocycles. The lowest BCUT2D eigenvalue weighted by Gasteiger charge is -2.32. The predicted octanol–water partition coefficient (Wildman–Crippen LogP) is 2.98. The molecule has 2 amide bonds. The highest BCUT2D eigenvalue weighted by atomic mass is 32.1. The van der Waals surface area contributed by atoms with Crippen molar-refractivity contribution in [3.05, 3.63) is 70.2 Å². The molecule has 1 N–H and O–H groups in total. The summed E-state index contributed by atoms with van der Waals surface area (Å²) in [6, 6.07) is 8.16. The highest BCUT2D eigenvalue weighted by molar-refractivity contribution is 7.09. The van der Waals surface area contributed by atoms with Gasteiger partial charge in [-0.25, -0.2) is 14.8 Å². The first-order valence-electron chi connectivity index (χ1n) is 9.27. The number of aryl methyl sites for hydroxylation is 1. The number of morpholine rings is 1. The van der Waals surface area contributed by atoms with Crippen LogP contribution >= 0.6 is 11.3 Å². The van der Waals surface area contributed by atoms with Crippen LogP contribution in [0.5, 0.6) is 0 Å². The summed E-state index contributed by atoms with van der Waals surface area (Å²) >= 11 is 1.58. The maximum Gasteiger partial charge on any atom is 0.317 e. The van der Waals surface area contributed by atoms with Gasteiger partial charge in [0, 0.05) is 43.1 Å². The molecule has 28 heavy (non-hydrogen) atoms. The molecule has 3 heterocycles. The Kier molecular flexibility index (Phi) is 5.68. The van der Waals surface area contributed by atoms with Crippen LogP contribution < -0.4 is 5.32 Å². The number of amides is 2. The van der Waals surface area contributed by atoms with Crippen molar-refractivity contribution in [2.45, 2.75) is 26.1 Å². The van der Waals surface area contributed by atoms with Crippen LogP contribution in [0.3, 0.4) is 0 Å². The average molecular weight is 398 g/mol. The molecule has 8 heteroatoms. The first kappa shape index (κ1) is 18.6. The third-order valence-electron chi connectivity index (χ3n) is 4.63. The lowest BCUT2D eigenvalue weighted by molar-refractivity contribution is -0.0156. The van der Waals surface area contributed by atoms with E-state index in [0.717, 1.165) is 22.8 Å². The zero-order valence-electron chi connectivity index (χ0n) is 15.7.